The number of hydrogen-bond acceptors (Lipinski definition) is 5. The Hall–Kier alpha value is -1.88. The summed E-state index contributed by atoms with van der Waals surface area (Å²) in [5, 5.41) is 11.6. The maximum atomic E-state index is 5.77. The number of anilines is 1. The maximum absolute atomic E-state index is 5.77. The Morgan fingerprint density at radius 2 is 2.05 bits per heavy atom. The van der Waals surface area contributed by atoms with Crippen LogP contribution in [0.5, 0.6) is 0 Å². The average molecular weight is 287 g/mol. The van der Waals surface area contributed by atoms with Crippen LogP contribution in [0.1, 0.15) is 32.6 Å². The predicted octanol–water partition coefficient (Wildman–Crippen LogP) is 3.41. The molecule has 1 aliphatic rings. The summed E-state index contributed by atoms with van der Waals surface area (Å²) in [5.74, 6) is 1.13. The van der Waals surface area contributed by atoms with Crippen LogP contribution in [0.4, 0.5) is 5.69 Å². The van der Waals surface area contributed by atoms with Gasteiger partial charge in [0.25, 0.3) is 0 Å². The van der Waals surface area contributed by atoms with Crippen LogP contribution in [-0.2, 0) is 4.74 Å². The lowest BCUT2D eigenvalue weighted by molar-refractivity contribution is -0.0553. The average Bonchev–Trinajstić information content (AvgIpc) is 2.85. The zero-order chi connectivity index (χ0) is 14.9. The second-order valence-corrected chi connectivity index (χ2v) is 6.11. The van der Waals surface area contributed by atoms with Crippen LogP contribution in [0.15, 0.2) is 28.7 Å². The van der Waals surface area contributed by atoms with Gasteiger partial charge in [-0.25, -0.2) is 0 Å². The third kappa shape index (κ3) is 3.24. The van der Waals surface area contributed by atoms with Crippen LogP contribution in [0, 0.1) is 6.92 Å². The van der Waals surface area contributed by atoms with Gasteiger partial charge in [-0.3, -0.25) is 0 Å². The number of aromatic nitrogens is 2. The van der Waals surface area contributed by atoms with E-state index in [0.29, 0.717) is 17.8 Å². The minimum absolute atomic E-state index is 0.0774. The highest BCUT2D eigenvalue weighted by Gasteiger charge is 2.29. The molecule has 0 amide bonds. The monoisotopic (exact) mass is 287 g/mol. The van der Waals surface area contributed by atoms with Crippen molar-refractivity contribution in [3.63, 3.8) is 0 Å². The molecule has 1 aromatic heterocycles. The molecule has 0 bridgehead atoms. The Morgan fingerprint density at radius 3 is 2.76 bits per heavy atom. The van der Waals surface area contributed by atoms with Crippen LogP contribution in [0.2, 0.25) is 0 Å². The van der Waals surface area contributed by atoms with Gasteiger partial charge in [0.2, 0.25) is 11.8 Å². The van der Waals surface area contributed by atoms with Crippen LogP contribution in [-0.4, -0.2) is 28.4 Å². The van der Waals surface area contributed by atoms with Gasteiger partial charge in [0.15, 0.2) is 0 Å². The number of benzene rings is 1. The van der Waals surface area contributed by atoms with Gasteiger partial charge in [0, 0.05) is 25.3 Å². The van der Waals surface area contributed by atoms with Crippen LogP contribution in [0.3, 0.4) is 0 Å². The molecule has 0 saturated carbocycles. The molecule has 2 heterocycles. The van der Waals surface area contributed by atoms with E-state index in [4.69, 9.17) is 9.15 Å². The maximum Gasteiger partial charge on any atom is 0.249 e. The van der Waals surface area contributed by atoms with Gasteiger partial charge in [0.05, 0.1) is 11.2 Å². The smallest absolute Gasteiger partial charge is 0.249 e. The first-order valence-electron chi connectivity index (χ1n) is 7.33. The van der Waals surface area contributed by atoms with E-state index < -0.39 is 0 Å². The van der Waals surface area contributed by atoms with E-state index >= 15 is 0 Å². The Labute approximate surface area is 124 Å². The molecular weight excluding hydrogens is 266 g/mol. The van der Waals surface area contributed by atoms with E-state index in [1.54, 1.807) is 6.92 Å². The van der Waals surface area contributed by atoms with Gasteiger partial charge < -0.3 is 14.5 Å². The van der Waals surface area contributed by atoms with Gasteiger partial charge in [-0.05, 0) is 38.8 Å². The number of para-hydroxylation sites is 1. The normalized spacial score (nSPS) is 21.2. The second-order valence-electron chi connectivity index (χ2n) is 6.11. The summed E-state index contributed by atoms with van der Waals surface area (Å²) >= 11 is 0. The quantitative estimate of drug-likeness (QED) is 0.937. The Balaban J connectivity index is 1.83. The highest BCUT2D eigenvalue weighted by atomic mass is 16.5. The fourth-order valence-electron chi connectivity index (χ4n) is 2.78. The molecule has 1 unspecified atom stereocenters. The molecule has 1 fully saturated rings. The first-order valence-corrected chi connectivity index (χ1v) is 7.33. The molecule has 2 aromatic rings. The first kappa shape index (κ1) is 14.1. The molecule has 112 valence electrons. The molecular formula is C16H21N3O2. The van der Waals surface area contributed by atoms with Crippen LogP contribution >= 0.6 is 0 Å². The standard InChI is InChI=1S/C16H21N3O2/c1-11-18-19-15(21-11)13-6-4-5-7-14(13)17-12-8-9-20-16(2,3)10-12/h4-7,12,17H,8-10H2,1-3H3. The summed E-state index contributed by atoms with van der Waals surface area (Å²) in [7, 11) is 0. The third-order valence-electron chi connectivity index (χ3n) is 3.74. The van der Waals surface area contributed by atoms with E-state index in [9.17, 15) is 0 Å². The van der Waals surface area contributed by atoms with E-state index in [0.717, 1.165) is 30.7 Å². The number of nitrogens with zero attached hydrogens (tertiary/aromatic N) is 2. The van der Waals surface area contributed by atoms with E-state index in [2.05, 4.69) is 35.4 Å². The molecule has 1 N–H and O–H groups in total. The zero-order valence-electron chi connectivity index (χ0n) is 12.7. The number of nitrogens with one attached hydrogen (secondary N) is 1. The Bertz CT molecular complexity index is 621. The summed E-state index contributed by atoms with van der Waals surface area (Å²) in [5.41, 5.74) is 1.90. The van der Waals surface area contributed by atoms with E-state index in [1.165, 1.54) is 0 Å². The van der Waals surface area contributed by atoms with Crippen molar-refractivity contribution in [3.05, 3.63) is 30.2 Å². The van der Waals surface area contributed by atoms with E-state index in [-0.39, 0.29) is 5.60 Å². The summed E-state index contributed by atoms with van der Waals surface area (Å²) < 4.78 is 11.3. The zero-order valence-corrected chi connectivity index (χ0v) is 12.7. The van der Waals surface area contributed by atoms with Crippen molar-refractivity contribution in [2.45, 2.75) is 45.3 Å². The van der Waals surface area contributed by atoms with Gasteiger partial charge >= 0.3 is 0 Å². The SMILES string of the molecule is Cc1nnc(-c2ccccc2NC2CCOC(C)(C)C2)o1. The molecule has 0 radical (unpaired) electrons. The topological polar surface area (TPSA) is 60.2 Å². The lowest BCUT2D eigenvalue weighted by atomic mass is 9.93. The second kappa shape index (κ2) is 5.48. The Kier molecular flexibility index (Phi) is 3.68. The van der Waals surface area contributed by atoms with Crippen molar-refractivity contribution in [2.24, 2.45) is 0 Å². The molecule has 1 aromatic carbocycles. The summed E-state index contributed by atoms with van der Waals surface area (Å²) in [4.78, 5) is 0. The number of ether oxygens (including phenoxy) is 1. The lowest BCUT2D eigenvalue weighted by Crippen LogP contribution is -2.40. The molecule has 1 saturated heterocycles. The predicted molar refractivity (Wildman–Crippen MR) is 81.1 cm³/mol. The summed E-state index contributed by atoms with van der Waals surface area (Å²) in [6.07, 6.45) is 1.98. The molecule has 0 aliphatic carbocycles. The Morgan fingerprint density at radius 1 is 1.24 bits per heavy atom. The molecule has 0 spiro atoms. The molecule has 5 heteroatoms. The fourth-order valence-corrected chi connectivity index (χ4v) is 2.78. The molecule has 1 aliphatic heterocycles. The summed E-state index contributed by atoms with van der Waals surface area (Å²) in [6.45, 7) is 6.85. The van der Waals surface area contributed by atoms with Gasteiger partial charge in [0.1, 0.15) is 0 Å². The number of aryl methyl sites for hydroxylation is 1. The van der Waals surface area contributed by atoms with Crippen LogP contribution in [0.25, 0.3) is 11.5 Å². The molecule has 5 nitrogen and oxygen atoms in total. The van der Waals surface area contributed by atoms with Crippen molar-refractivity contribution in [2.75, 3.05) is 11.9 Å². The first-order chi connectivity index (χ1) is 10.0. The molecule has 1 atom stereocenters. The summed E-state index contributed by atoms with van der Waals surface area (Å²) in [6, 6.07) is 8.43. The fraction of sp³-hybridized carbons (Fsp3) is 0.500. The highest BCUT2D eigenvalue weighted by Crippen LogP contribution is 2.31. The molecule has 21 heavy (non-hydrogen) atoms. The highest BCUT2D eigenvalue weighted by molar-refractivity contribution is 5.72. The minimum Gasteiger partial charge on any atom is -0.421 e. The van der Waals surface area contributed by atoms with E-state index in [1.807, 2.05) is 18.2 Å². The number of rotatable bonds is 3. The van der Waals surface area contributed by atoms with Crippen LogP contribution < -0.4 is 5.32 Å². The molecule has 3 rings (SSSR count). The van der Waals surface area contributed by atoms with Crippen molar-refractivity contribution >= 4 is 5.69 Å². The minimum atomic E-state index is -0.0774. The third-order valence-corrected chi connectivity index (χ3v) is 3.74. The van der Waals surface area contributed by atoms with Crippen molar-refractivity contribution < 1.29 is 9.15 Å². The van der Waals surface area contributed by atoms with Gasteiger partial charge in [-0.1, -0.05) is 12.1 Å². The number of hydrogen-bond donors (Lipinski definition) is 1. The van der Waals surface area contributed by atoms with Crippen molar-refractivity contribution in [1.29, 1.82) is 0 Å². The van der Waals surface area contributed by atoms with Crippen molar-refractivity contribution in [3.8, 4) is 11.5 Å². The van der Waals surface area contributed by atoms with Gasteiger partial charge in [-0.2, -0.15) is 0 Å². The van der Waals surface area contributed by atoms with Crippen molar-refractivity contribution in [1.82, 2.24) is 10.2 Å². The largest absolute Gasteiger partial charge is 0.421 e. The van der Waals surface area contributed by atoms with Gasteiger partial charge in [-0.15, -0.1) is 10.2 Å². The lowest BCUT2D eigenvalue weighted by Gasteiger charge is -2.36.